The summed E-state index contributed by atoms with van der Waals surface area (Å²) in [6.45, 7) is 4.59. The molecule has 0 fully saturated rings. The molecule has 0 nitrogen and oxygen atoms in total. The summed E-state index contributed by atoms with van der Waals surface area (Å²) in [5, 5.41) is 0. The van der Waals surface area contributed by atoms with Gasteiger partial charge in [0, 0.05) is 0 Å². The van der Waals surface area contributed by atoms with E-state index in [9.17, 15) is 0 Å². The van der Waals surface area contributed by atoms with Gasteiger partial charge in [0.15, 0.2) is 0 Å². The summed E-state index contributed by atoms with van der Waals surface area (Å²) in [4.78, 5) is 2.96. The van der Waals surface area contributed by atoms with Crippen molar-refractivity contribution in [3.8, 4) is 0 Å². The first-order valence-corrected chi connectivity index (χ1v) is 10.9. The average Bonchev–Trinajstić information content (AvgIpc) is 1.65. The molecule has 0 saturated heterocycles. The predicted octanol–water partition coefficient (Wildman–Crippen LogP) is 1.89. The van der Waals surface area contributed by atoms with Crippen LogP contribution in [0.4, 0.5) is 0 Å². The molecule has 36 valence electrons. The Morgan fingerprint density at radius 2 is 1.67 bits per heavy atom. The quantitative estimate of drug-likeness (QED) is 0.428. The van der Waals surface area contributed by atoms with E-state index in [4.69, 9.17) is 0 Å². The van der Waals surface area contributed by atoms with Crippen molar-refractivity contribution >= 4 is 23.3 Å². The van der Waals surface area contributed by atoms with E-state index in [1.807, 2.05) is 0 Å². The zero-order valence-electron chi connectivity index (χ0n) is 4.57. The third-order valence-electron chi connectivity index (χ3n) is 1.05. The van der Waals surface area contributed by atoms with Crippen LogP contribution in [0, 0.1) is 0 Å². The predicted molar refractivity (Wildman–Crippen MR) is 36.4 cm³/mol. The fraction of sp³-hybridized carbons (Fsp3) is 1.00. The monoisotopic (exact) mass is 160 g/mol. The van der Waals surface area contributed by atoms with Crippen molar-refractivity contribution < 1.29 is 0 Å². The van der Waals surface area contributed by atoms with Crippen LogP contribution >= 0.6 is 7.52 Å². The van der Waals surface area contributed by atoms with Gasteiger partial charge in [-0.1, -0.05) is 0 Å². The second-order valence-electron chi connectivity index (χ2n) is 1.58. The SMILES string of the molecule is C[CH2][Ga]([PH2])[CH2]C. The Hall–Kier alpha value is 1.07. The Balaban J connectivity index is 2.75. The molecular weight excluding hydrogens is 149 g/mol. The molecule has 1 unspecified atom stereocenters. The Morgan fingerprint density at radius 1 is 1.33 bits per heavy atom. The van der Waals surface area contributed by atoms with E-state index in [1.165, 1.54) is 9.95 Å². The zero-order chi connectivity index (χ0) is 4.99. The first-order chi connectivity index (χ1) is 2.81. The first kappa shape index (κ1) is 7.07. The summed E-state index contributed by atoms with van der Waals surface area (Å²) < 4.78 is 0. The molecule has 0 aromatic rings. The van der Waals surface area contributed by atoms with Crippen LogP contribution in [0.5, 0.6) is 0 Å². The maximum absolute atomic E-state index is 3.00. The Morgan fingerprint density at radius 3 is 1.67 bits per heavy atom. The summed E-state index contributed by atoms with van der Waals surface area (Å²) in [5.74, 6) is 0. The van der Waals surface area contributed by atoms with Gasteiger partial charge < -0.3 is 0 Å². The first-order valence-electron chi connectivity index (χ1n) is 2.56. The zero-order valence-corrected chi connectivity index (χ0v) is 8.15. The van der Waals surface area contributed by atoms with Crippen LogP contribution in [-0.4, -0.2) is 15.7 Å². The van der Waals surface area contributed by atoms with Crippen LogP contribution < -0.4 is 0 Å². The van der Waals surface area contributed by atoms with Crippen molar-refractivity contribution in [2.45, 2.75) is 23.8 Å². The van der Waals surface area contributed by atoms with Crippen LogP contribution in [0.3, 0.4) is 0 Å². The molecule has 2 heteroatoms. The maximum atomic E-state index is 3.00. The van der Waals surface area contributed by atoms with Gasteiger partial charge in [0.2, 0.25) is 0 Å². The average molecular weight is 161 g/mol. The van der Waals surface area contributed by atoms with Gasteiger partial charge in [-0.3, -0.25) is 0 Å². The van der Waals surface area contributed by atoms with E-state index in [0.717, 1.165) is 0 Å². The standard InChI is InChI=1S/2C2H5.Ga.H2P/c2*1-2;;/h2*1H2,2H3;;1H2/q;;+1;-1. The molecule has 6 heavy (non-hydrogen) atoms. The van der Waals surface area contributed by atoms with Crippen LogP contribution in [0.25, 0.3) is 0 Å². The van der Waals surface area contributed by atoms with Gasteiger partial charge in [-0.2, -0.15) is 0 Å². The van der Waals surface area contributed by atoms with E-state index >= 15 is 0 Å². The van der Waals surface area contributed by atoms with E-state index in [2.05, 4.69) is 21.4 Å². The molecule has 0 aliphatic carbocycles. The molecule has 0 aromatic carbocycles. The topological polar surface area (TPSA) is 0 Å². The second-order valence-corrected chi connectivity index (χ2v) is 13.1. The van der Waals surface area contributed by atoms with Crippen molar-refractivity contribution in [1.82, 2.24) is 0 Å². The van der Waals surface area contributed by atoms with E-state index < -0.39 is 15.7 Å². The van der Waals surface area contributed by atoms with Gasteiger partial charge in [-0.25, -0.2) is 0 Å². The van der Waals surface area contributed by atoms with E-state index in [-0.39, 0.29) is 0 Å². The third-order valence-corrected chi connectivity index (χ3v) is 10.3. The molecule has 0 N–H and O–H groups in total. The Labute approximate surface area is 47.4 Å². The number of hydrogen-bond acceptors (Lipinski definition) is 0. The van der Waals surface area contributed by atoms with Crippen LogP contribution in [0.2, 0.25) is 9.95 Å². The number of hydrogen-bond donors (Lipinski definition) is 0. The molecular formula is C4H12GaP. The van der Waals surface area contributed by atoms with E-state index in [0.29, 0.717) is 0 Å². The van der Waals surface area contributed by atoms with Crippen molar-refractivity contribution in [3.05, 3.63) is 0 Å². The van der Waals surface area contributed by atoms with Gasteiger partial charge in [0.05, 0.1) is 0 Å². The Kier molecular flexibility index (Phi) is 4.98. The fourth-order valence-corrected chi connectivity index (χ4v) is 1.50. The van der Waals surface area contributed by atoms with Crippen molar-refractivity contribution in [1.29, 1.82) is 0 Å². The minimum atomic E-state index is -0.627. The van der Waals surface area contributed by atoms with Crippen LogP contribution in [0.15, 0.2) is 0 Å². The Bertz CT molecular complexity index is 26.7. The summed E-state index contributed by atoms with van der Waals surface area (Å²) >= 11 is -0.627. The van der Waals surface area contributed by atoms with Crippen LogP contribution in [-0.2, 0) is 0 Å². The van der Waals surface area contributed by atoms with Gasteiger partial charge >= 0.3 is 47.1 Å². The molecule has 0 heterocycles. The minimum absolute atomic E-state index is 0.627. The van der Waals surface area contributed by atoms with Crippen molar-refractivity contribution in [3.63, 3.8) is 0 Å². The summed E-state index contributed by atoms with van der Waals surface area (Å²) in [7, 11) is 3.00. The molecule has 0 amide bonds. The number of rotatable bonds is 2. The van der Waals surface area contributed by atoms with Crippen molar-refractivity contribution in [2.24, 2.45) is 0 Å². The molecule has 0 aliphatic rings. The van der Waals surface area contributed by atoms with Crippen LogP contribution in [0.1, 0.15) is 13.8 Å². The molecule has 0 saturated carbocycles. The molecule has 0 bridgehead atoms. The normalized spacial score (nSPS) is 8.50. The summed E-state index contributed by atoms with van der Waals surface area (Å²) in [6.07, 6.45) is 0. The van der Waals surface area contributed by atoms with Gasteiger partial charge in [-0.15, -0.1) is 0 Å². The van der Waals surface area contributed by atoms with Gasteiger partial charge in [-0.05, 0) is 0 Å². The fourth-order valence-electron chi connectivity index (χ4n) is 0.289. The molecule has 1 atom stereocenters. The van der Waals surface area contributed by atoms with Crippen molar-refractivity contribution in [2.75, 3.05) is 0 Å². The van der Waals surface area contributed by atoms with E-state index in [1.54, 1.807) is 0 Å². The second kappa shape index (κ2) is 4.23. The summed E-state index contributed by atoms with van der Waals surface area (Å²) in [5.41, 5.74) is 0. The molecule has 0 aliphatic heterocycles. The van der Waals surface area contributed by atoms with Gasteiger partial charge in [0.1, 0.15) is 0 Å². The summed E-state index contributed by atoms with van der Waals surface area (Å²) in [6, 6.07) is 0. The molecule has 0 spiro atoms. The molecule has 0 rings (SSSR count). The molecule has 0 radical (unpaired) electrons. The molecule has 0 aromatic heterocycles. The third kappa shape index (κ3) is 3.26. The van der Waals surface area contributed by atoms with Gasteiger partial charge in [0.25, 0.3) is 0 Å².